The maximum atomic E-state index is 11.9. The molecule has 1 heterocycles. The summed E-state index contributed by atoms with van der Waals surface area (Å²) in [5, 5.41) is 5.15. The lowest BCUT2D eigenvalue weighted by atomic mass is 10.2. The van der Waals surface area contributed by atoms with Gasteiger partial charge in [0, 0.05) is 24.2 Å². The van der Waals surface area contributed by atoms with E-state index in [-0.39, 0.29) is 6.04 Å². The van der Waals surface area contributed by atoms with E-state index in [1.807, 2.05) is 6.07 Å². The van der Waals surface area contributed by atoms with Gasteiger partial charge < -0.3 is 19.8 Å². The zero-order chi connectivity index (χ0) is 15.9. The second-order valence-electron chi connectivity index (χ2n) is 4.84. The molecule has 1 aromatic heterocycles. The minimum Gasteiger partial charge on any atom is -0.497 e. The highest BCUT2D eigenvalue weighted by atomic mass is 16.5. The normalized spacial score (nSPS) is 11.5. The molecule has 6 heteroatoms. The summed E-state index contributed by atoms with van der Waals surface area (Å²) in [7, 11) is 1.53. The van der Waals surface area contributed by atoms with E-state index in [0.717, 1.165) is 5.76 Å². The summed E-state index contributed by atoms with van der Waals surface area (Å²) < 4.78 is 10.3. The number of anilines is 1. The Morgan fingerprint density at radius 3 is 2.73 bits per heavy atom. The van der Waals surface area contributed by atoms with Crippen LogP contribution >= 0.6 is 0 Å². The van der Waals surface area contributed by atoms with Crippen molar-refractivity contribution in [1.29, 1.82) is 0 Å². The van der Waals surface area contributed by atoms with E-state index in [4.69, 9.17) is 9.15 Å². The summed E-state index contributed by atoms with van der Waals surface area (Å²) in [6, 6.07) is 10.2. The fourth-order valence-electron chi connectivity index (χ4n) is 1.96. The van der Waals surface area contributed by atoms with Crippen LogP contribution in [-0.2, 0) is 16.0 Å². The highest BCUT2D eigenvalue weighted by Gasteiger charge is 2.17. The van der Waals surface area contributed by atoms with Gasteiger partial charge in [-0.2, -0.15) is 0 Å². The predicted molar refractivity (Wildman–Crippen MR) is 81.6 cm³/mol. The lowest BCUT2D eigenvalue weighted by molar-refractivity contribution is -0.136. The highest BCUT2D eigenvalue weighted by Crippen LogP contribution is 2.16. The van der Waals surface area contributed by atoms with E-state index >= 15 is 0 Å². The third kappa shape index (κ3) is 4.37. The summed E-state index contributed by atoms with van der Waals surface area (Å²) in [6.45, 7) is 1.80. The number of methoxy groups -OCH3 is 1. The van der Waals surface area contributed by atoms with Crippen LogP contribution in [0.25, 0.3) is 0 Å². The molecule has 0 saturated heterocycles. The van der Waals surface area contributed by atoms with Gasteiger partial charge >= 0.3 is 11.8 Å². The summed E-state index contributed by atoms with van der Waals surface area (Å²) in [4.78, 5) is 23.7. The molecule has 2 N–H and O–H groups in total. The topological polar surface area (TPSA) is 80.6 Å². The molecule has 0 aliphatic carbocycles. The Hall–Kier alpha value is -2.76. The Morgan fingerprint density at radius 1 is 1.23 bits per heavy atom. The number of amides is 2. The fraction of sp³-hybridized carbons (Fsp3) is 0.250. The third-order valence-electron chi connectivity index (χ3n) is 3.00. The smallest absolute Gasteiger partial charge is 0.313 e. The fourth-order valence-corrected chi connectivity index (χ4v) is 1.96. The predicted octanol–water partition coefficient (Wildman–Crippen LogP) is 1.97. The number of carbonyl (C=O) groups excluding carboxylic acids is 2. The van der Waals surface area contributed by atoms with Crippen molar-refractivity contribution >= 4 is 17.5 Å². The highest BCUT2D eigenvalue weighted by molar-refractivity contribution is 6.39. The van der Waals surface area contributed by atoms with Crippen LogP contribution in [-0.4, -0.2) is 25.0 Å². The molecule has 1 aromatic carbocycles. The van der Waals surface area contributed by atoms with Gasteiger partial charge in [0.25, 0.3) is 0 Å². The second kappa shape index (κ2) is 7.31. The molecule has 0 aliphatic heterocycles. The van der Waals surface area contributed by atoms with Crippen molar-refractivity contribution in [2.75, 3.05) is 12.4 Å². The summed E-state index contributed by atoms with van der Waals surface area (Å²) in [6.07, 6.45) is 2.09. The maximum Gasteiger partial charge on any atom is 0.313 e. The first-order valence-corrected chi connectivity index (χ1v) is 6.86. The largest absolute Gasteiger partial charge is 0.497 e. The summed E-state index contributed by atoms with van der Waals surface area (Å²) >= 11 is 0. The molecule has 1 unspecified atom stereocenters. The average Bonchev–Trinajstić information content (AvgIpc) is 3.00. The van der Waals surface area contributed by atoms with Gasteiger partial charge in [-0.15, -0.1) is 0 Å². The number of hydrogen-bond acceptors (Lipinski definition) is 4. The first-order chi connectivity index (χ1) is 10.6. The van der Waals surface area contributed by atoms with Crippen molar-refractivity contribution in [3.05, 3.63) is 48.4 Å². The standard InChI is InChI=1S/C16H18N2O4/c1-11(9-14-7-4-8-22-14)17-15(19)16(20)18-12-5-3-6-13(10-12)21-2/h3-8,10-11H,9H2,1-2H3,(H,17,19)(H,18,20). The molecule has 2 rings (SSSR count). The molecule has 2 amide bonds. The molecule has 0 saturated carbocycles. The number of benzene rings is 1. The molecule has 1 atom stereocenters. The van der Waals surface area contributed by atoms with Crippen molar-refractivity contribution in [3.8, 4) is 5.75 Å². The number of rotatable bonds is 5. The monoisotopic (exact) mass is 302 g/mol. The molecular weight excluding hydrogens is 284 g/mol. The first kappa shape index (κ1) is 15.6. The second-order valence-corrected chi connectivity index (χ2v) is 4.84. The van der Waals surface area contributed by atoms with Crippen molar-refractivity contribution in [2.45, 2.75) is 19.4 Å². The van der Waals surface area contributed by atoms with Gasteiger partial charge in [-0.25, -0.2) is 0 Å². The van der Waals surface area contributed by atoms with Crippen molar-refractivity contribution in [2.24, 2.45) is 0 Å². The molecule has 22 heavy (non-hydrogen) atoms. The molecule has 2 aromatic rings. The molecular formula is C16H18N2O4. The number of nitrogens with one attached hydrogen (secondary N) is 2. The molecule has 6 nitrogen and oxygen atoms in total. The van der Waals surface area contributed by atoms with Crippen LogP contribution in [0.2, 0.25) is 0 Å². The first-order valence-electron chi connectivity index (χ1n) is 6.86. The number of hydrogen-bond donors (Lipinski definition) is 2. The quantitative estimate of drug-likeness (QED) is 0.828. The minimum absolute atomic E-state index is 0.213. The zero-order valence-corrected chi connectivity index (χ0v) is 12.5. The van der Waals surface area contributed by atoms with Crippen LogP contribution in [0.3, 0.4) is 0 Å². The Bertz CT molecular complexity index is 637. The van der Waals surface area contributed by atoms with Crippen molar-refractivity contribution < 1.29 is 18.7 Å². The molecule has 0 aliphatic rings. The SMILES string of the molecule is COc1cccc(NC(=O)C(=O)NC(C)Cc2ccco2)c1. The van der Waals surface area contributed by atoms with Gasteiger partial charge in [-0.05, 0) is 31.2 Å². The van der Waals surface area contributed by atoms with Crippen LogP contribution in [0.1, 0.15) is 12.7 Å². The van der Waals surface area contributed by atoms with E-state index in [1.54, 1.807) is 43.5 Å². The Labute approximate surface area is 128 Å². The zero-order valence-electron chi connectivity index (χ0n) is 12.5. The molecule has 116 valence electrons. The molecule has 0 bridgehead atoms. The summed E-state index contributed by atoms with van der Waals surface area (Å²) in [5.41, 5.74) is 0.498. The van der Waals surface area contributed by atoms with Gasteiger partial charge in [0.2, 0.25) is 0 Å². The lowest BCUT2D eigenvalue weighted by Gasteiger charge is -2.12. The number of carbonyl (C=O) groups is 2. The van der Waals surface area contributed by atoms with Crippen molar-refractivity contribution in [3.63, 3.8) is 0 Å². The lowest BCUT2D eigenvalue weighted by Crippen LogP contribution is -2.41. The van der Waals surface area contributed by atoms with Crippen molar-refractivity contribution in [1.82, 2.24) is 5.32 Å². The summed E-state index contributed by atoms with van der Waals surface area (Å²) in [5.74, 6) is -0.0631. The van der Waals surface area contributed by atoms with E-state index in [1.165, 1.54) is 7.11 Å². The van der Waals surface area contributed by atoms with Crippen LogP contribution in [0.15, 0.2) is 47.1 Å². The van der Waals surface area contributed by atoms with E-state index < -0.39 is 11.8 Å². The Balaban J connectivity index is 1.87. The Morgan fingerprint density at radius 2 is 2.05 bits per heavy atom. The van der Waals surface area contributed by atoms with Gasteiger partial charge in [-0.3, -0.25) is 9.59 Å². The van der Waals surface area contributed by atoms with Gasteiger partial charge in [0.15, 0.2) is 0 Å². The molecule has 0 radical (unpaired) electrons. The molecule has 0 spiro atoms. The van der Waals surface area contributed by atoms with E-state index in [2.05, 4.69) is 10.6 Å². The van der Waals surface area contributed by atoms with Gasteiger partial charge in [0.1, 0.15) is 11.5 Å². The van der Waals surface area contributed by atoms with Crippen LogP contribution < -0.4 is 15.4 Å². The van der Waals surface area contributed by atoms with Gasteiger partial charge in [0.05, 0.1) is 13.4 Å². The molecule has 0 fully saturated rings. The maximum absolute atomic E-state index is 11.9. The Kier molecular flexibility index (Phi) is 5.19. The van der Waals surface area contributed by atoms with E-state index in [9.17, 15) is 9.59 Å². The van der Waals surface area contributed by atoms with Crippen LogP contribution in [0.4, 0.5) is 5.69 Å². The van der Waals surface area contributed by atoms with Crippen LogP contribution in [0.5, 0.6) is 5.75 Å². The third-order valence-corrected chi connectivity index (χ3v) is 3.00. The minimum atomic E-state index is -0.723. The van der Waals surface area contributed by atoms with Gasteiger partial charge in [-0.1, -0.05) is 6.07 Å². The van der Waals surface area contributed by atoms with Crippen LogP contribution in [0, 0.1) is 0 Å². The number of ether oxygens (including phenoxy) is 1. The average molecular weight is 302 g/mol. The number of furan rings is 1. The van der Waals surface area contributed by atoms with E-state index in [0.29, 0.717) is 17.9 Å².